The summed E-state index contributed by atoms with van der Waals surface area (Å²) < 4.78 is 5.35. The lowest BCUT2D eigenvalue weighted by Gasteiger charge is -2.03. The maximum Gasteiger partial charge on any atom is 0.338 e. The third kappa shape index (κ3) is 1.61. The molecule has 2 rings (SSSR count). The van der Waals surface area contributed by atoms with E-state index in [0.29, 0.717) is 10.3 Å². The van der Waals surface area contributed by atoms with Crippen molar-refractivity contribution in [2.75, 3.05) is 7.11 Å². The maximum absolute atomic E-state index is 11.4. The molecule has 1 aromatic heterocycles. The average molecular weight is 203 g/mol. The van der Waals surface area contributed by atoms with Gasteiger partial charge in [-0.25, -0.2) is 4.79 Å². The highest BCUT2D eigenvalue weighted by atomic mass is 16.5. The molecule has 0 saturated heterocycles. The zero-order valence-corrected chi connectivity index (χ0v) is 8.14. The minimum Gasteiger partial charge on any atom is -0.619 e. The highest BCUT2D eigenvalue weighted by molar-refractivity contribution is 6.03. The Bertz CT molecular complexity index is 522. The molecule has 0 radical (unpaired) electrons. The predicted molar refractivity (Wildman–Crippen MR) is 54.2 cm³/mol. The number of hydrogen-bond donors (Lipinski definition) is 0. The van der Waals surface area contributed by atoms with E-state index in [1.54, 1.807) is 24.3 Å². The van der Waals surface area contributed by atoms with Crippen LogP contribution in [0, 0.1) is 5.21 Å². The first kappa shape index (κ1) is 9.45. The second kappa shape index (κ2) is 3.57. The molecule has 2 aromatic rings. The molecule has 0 aliphatic rings. The highest BCUT2D eigenvalue weighted by Gasteiger charge is 2.10. The van der Waals surface area contributed by atoms with E-state index >= 15 is 0 Å². The average Bonchev–Trinajstić information content (AvgIpc) is 2.26. The van der Waals surface area contributed by atoms with Crippen LogP contribution >= 0.6 is 0 Å². The van der Waals surface area contributed by atoms with Crippen LogP contribution in [0.2, 0.25) is 0 Å². The summed E-state index contributed by atoms with van der Waals surface area (Å²) in [7, 11) is 1.33. The second-order valence-electron chi connectivity index (χ2n) is 3.10. The lowest BCUT2D eigenvalue weighted by molar-refractivity contribution is -0.603. The molecule has 0 saturated carbocycles. The third-order valence-corrected chi connectivity index (χ3v) is 2.20. The number of methoxy groups -OCH3 is 1. The van der Waals surface area contributed by atoms with Gasteiger partial charge in [-0.1, -0.05) is 6.07 Å². The first-order valence-electron chi connectivity index (χ1n) is 4.42. The van der Waals surface area contributed by atoms with Crippen LogP contribution in [-0.2, 0) is 4.74 Å². The quantitative estimate of drug-likeness (QED) is 0.398. The normalized spacial score (nSPS) is 10.2. The minimum atomic E-state index is -0.399. The number of carbonyl (C=O) groups excluding carboxylic acids is 1. The fourth-order valence-electron chi connectivity index (χ4n) is 1.50. The SMILES string of the molecule is COC(=O)c1cccc2c[n+]([O-])ccc12. The molecule has 4 heteroatoms. The summed E-state index contributed by atoms with van der Waals surface area (Å²) in [6, 6.07) is 6.77. The molecule has 0 atom stereocenters. The summed E-state index contributed by atoms with van der Waals surface area (Å²) >= 11 is 0. The molecule has 0 unspecified atom stereocenters. The summed E-state index contributed by atoms with van der Waals surface area (Å²) in [5, 5.41) is 12.5. The Kier molecular flexibility index (Phi) is 2.25. The third-order valence-electron chi connectivity index (χ3n) is 2.20. The van der Waals surface area contributed by atoms with Crippen molar-refractivity contribution in [3.05, 3.63) is 47.4 Å². The van der Waals surface area contributed by atoms with Crippen LogP contribution in [0.4, 0.5) is 0 Å². The fraction of sp³-hybridized carbons (Fsp3) is 0.0909. The molecule has 4 nitrogen and oxygen atoms in total. The molecule has 0 fully saturated rings. The predicted octanol–water partition coefficient (Wildman–Crippen LogP) is 1.26. The number of hydrogen-bond acceptors (Lipinski definition) is 3. The molecule has 76 valence electrons. The molecule has 1 aromatic carbocycles. The van der Waals surface area contributed by atoms with Gasteiger partial charge in [0.1, 0.15) is 0 Å². The van der Waals surface area contributed by atoms with Crippen LogP contribution in [0.3, 0.4) is 0 Å². The van der Waals surface area contributed by atoms with Gasteiger partial charge in [-0.2, -0.15) is 4.73 Å². The Hall–Kier alpha value is -2.10. The van der Waals surface area contributed by atoms with E-state index in [0.717, 1.165) is 10.8 Å². The van der Waals surface area contributed by atoms with E-state index in [-0.39, 0.29) is 0 Å². The Balaban J connectivity index is 2.71. The zero-order chi connectivity index (χ0) is 10.8. The summed E-state index contributed by atoms with van der Waals surface area (Å²) in [4.78, 5) is 11.4. The second-order valence-corrected chi connectivity index (χ2v) is 3.10. The van der Waals surface area contributed by atoms with Crippen LogP contribution in [0.1, 0.15) is 10.4 Å². The van der Waals surface area contributed by atoms with Gasteiger partial charge in [0.05, 0.1) is 12.7 Å². The smallest absolute Gasteiger partial charge is 0.338 e. The Morgan fingerprint density at radius 1 is 1.40 bits per heavy atom. The number of rotatable bonds is 1. The van der Waals surface area contributed by atoms with Gasteiger partial charge in [0.15, 0.2) is 12.4 Å². The van der Waals surface area contributed by atoms with Gasteiger partial charge in [0.2, 0.25) is 0 Å². The van der Waals surface area contributed by atoms with E-state index in [4.69, 9.17) is 0 Å². The van der Waals surface area contributed by atoms with Crippen molar-refractivity contribution in [1.29, 1.82) is 0 Å². The van der Waals surface area contributed by atoms with Crippen molar-refractivity contribution < 1.29 is 14.3 Å². The van der Waals surface area contributed by atoms with Gasteiger partial charge in [-0.15, -0.1) is 0 Å². The number of ether oxygens (including phenoxy) is 1. The number of nitrogens with zero attached hydrogens (tertiary/aromatic N) is 1. The van der Waals surface area contributed by atoms with Crippen molar-refractivity contribution in [3.63, 3.8) is 0 Å². The molecule has 0 N–H and O–H groups in total. The van der Waals surface area contributed by atoms with Crippen LogP contribution in [0.15, 0.2) is 36.7 Å². The lowest BCUT2D eigenvalue weighted by Crippen LogP contribution is -2.23. The Labute approximate surface area is 86.3 Å². The lowest BCUT2D eigenvalue weighted by atomic mass is 10.1. The summed E-state index contributed by atoms with van der Waals surface area (Å²) in [6.07, 6.45) is 2.77. The molecule has 0 amide bonds. The number of benzene rings is 1. The first-order chi connectivity index (χ1) is 7.22. The maximum atomic E-state index is 11.4. The Morgan fingerprint density at radius 2 is 2.20 bits per heavy atom. The molecule has 0 bridgehead atoms. The summed E-state index contributed by atoms with van der Waals surface area (Å²) in [5.41, 5.74) is 0.468. The molecule has 15 heavy (non-hydrogen) atoms. The van der Waals surface area contributed by atoms with Crippen LogP contribution < -0.4 is 4.73 Å². The first-order valence-corrected chi connectivity index (χ1v) is 4.42. The number of carbonyl (C=O) groups is 1. The molecular formula is C11H9NO3. The van der Waals surface area contributed by atoms with E-state index < -0.39 is 5.97 Å². The molecular weight excluding hydrogens is 194 g/mol. The van der Waals surface area contributed by atoms with Gasteiger partial charge >= 0.3 is 5.97 Å². The van der Waals surface area contributed by atoms with Crippen LogP contribution in [-0.4, -0.2) is 13.1 Å². The molecule has 0 spiro atoms. The van der Waals surface area contributed by atoms with Crippen LogP contribution in [0.5, 0.6) is 0 Å². The van der Waals surface area contributed by atoms with Gasteiger partial charge in [-0.05, 0) is 12.1 Å². The van der Waals surface area contributed by atoms with Crippen molar-refractivity contribution in [1.82, 2.24) is 0 Å². The molecule has 1 heterocycles. The van der Waals surface area contributed by atoms with E-state index in [1.807, 2.05) is 0 Å². The van der Waals surface area contributed by atoms with E-state index in [1.165, 1.54) is 19.5 Å². The number of aromatic nitrogens is 1. The van der Waals surface area contributed by atoms with Gasteiger partial charge in [0, 0.05) is 16.8 Å². The van der Waals surface area contributed by atoms with Crippen molar-refractivity contribution >= 4 is 16.7 Å². The highest BCUT2D eigenvalue weighted by Crippen LogP contribution is 2.17. The van der Waals surface area contributed by atoms with Gasteiger partial charge in [-0.3, -0.25) is 0 Å². The zero-order valence-electron chi connectivity index (χ0n) is 8.14. The number of esters is 1. The van der Waals surface area contributed by atoms with Crippen LogP contribution in [0.25, 0.3) is 10.8 Å². The monoisotopic (exact) mass is 203 g/mol. The van der Waals surface area contributed by atoms with Crippen molar-refractivity contribution in [2.45, 2.75) is 0 Å². The van der Waals surface area contributed by atoms with Gasteiger partial charge in [0.25, 0.3) is 0 Å². The standard InChI is InChI=1S/C11H9NO3/c1-15-11(13)10-4-2-3-8-7-12(14)6-5-9(8)10/h2-7H,1H3. The summed E-state index contributed by atoms with van der Waals surface area (Å²) in [5.74, 6) is -0.399. The summed E-state index contributed by atoms with van der Waals surface area (Å²) in [6.45, 7) is 0. The largest absolute Gasteiger partial charge is 0.619 e. The van der Waals surface area contributed by atoms with Crippen molar-refractivity contribution in [2.24, 2.45) is 0 Å². The van der Waals surface area contributed by atoms with E-state index in [9.17, 15) is 10.0 Å². The van der Waals surface area contributed by atoms with E-state index in [2.05, 4.69) is 4.74 Å². The van der Waals surface area contributed by atoms with Crippen molar-refractivity contribution in [3.8, 4) is 0 Å². The number of pyridine rings is 1. The minimum absolute atomic E-state index is 0.399. The van der Waals surface area contributed by atoms with Gasteiger partial charge < -0.3 is 9.94 Å². The Morgan fingerprint density at radius 3 is 2.93 bits per heavy atom. The number of fused-ring (bicyclic) bond motifs is 1. The molecule has 0 aliphatic heterocycles. The molecule has 0 aliphatic carbocycles. The fourth-order valence-corrected chi connectivity index (χ4v) is 1.50. The topological polar surface area (TPSA) is 53.2 Å².